The predicted molar refractivity (Wildman–Crippen MR) is 96.0 cm³/mol. The van der Waals surface area contributed by atoms with Gasteiger partial charge in [0.2, 0.25) is 0 Å². The lowest BCUT2D eigenvalue weighted by atomic mass is 10.4. The fourth-order valence-electron chi connectivity index (χ4n) is 1.86. The maximum Gasteiger partial charge on any atom is 0.358 e. The fraction of sp³-hybridized carbons (Fsp3) is 0.600. The topological polar surface area (TPSA) is 78.9 Å². The largest absolute Gasteiger partial charge is 0.358 e. The third-order valence-corrected chi connectivity index (χ3v) is 7.04. The molecule has 0 saturated carbocycles. The molecular formula is C15H25O6PS2. The lowest BCUT2D eigenvalue weighted by Gasteiger charge is -2.22. The minimum absolute atomic E-state index is 0.0532. The predicted octanol–water partition coefficient (Wildman–Crippen LogP) is 4.50. The molecule has 1 rings (SSSR count). The van der Waals surface area contributed by atoms with Crippen molar-refractivity contribution >= 4 is 29.5 Å². The van der Waals surface area contributed by atoms with Crippen LogP contribution in [0.4, 0.5) is 0 Å². The molecule has 0 spiro atoms. The van der Waals surface area contributed by atoms with Crippen molar-refractivity contribution in [3.63, 3.8) is 0 Å². The van der Waals surface area contributed by atoms with Crippen LogP contribution >= 0.6 is 19.4 Å². The van der Waals surface area contributed by atoms with E-state index in [4.69, 9.17) is 13.2 Å². The summed E-state index contributed by atoms with van der Waals surface area (Å²) in [6.45, 7) is 8.70. The molecule has 1 aromatic rings. The van der Waals surface area contributed by atoms with Gasteiger partial charge < -0.3 is 9.05 Å². The summed E-state index contributed by atoms with van der Waals surface area (Å²) in [6, 6.07) is 6.54. The molecule has 0 aromatic heterocycles. The lowest BCUT2D eigenvalue weighted by molar-refractivity contribution is 0.129. The highest BCUT2D eigenvalue weighted by atomic mass is 32.2. The van der Waals surface area contributed by atoms with Gasteiger partial charge in [0.25, 0.3) is 10.1 Å². The molecule has 1 aromatic carbocycles. The summed E-state index contributed by atoms with van der Waals surface area (Å²) in [4.78, 5) is 0.641. The van der Waals surface area contributed by atoms with Crippen LogP contribution in [0, 0.1) is 0 Å². The molecule has 24 heavy (non-hydrogen) atoms. The quantitative estimate of drug-likeness (QED) is 0.327. The van der Waals surface area contributed by atoms with E-state index in [1.807, 2.05) is 6.92 Å². The van der Waals surface area contributed by atoms with Crippen molar-refractivity contribution in [2.75, 3.05) is 12.1 Å². The first-order valence-electron chi connectivity index (χ1n) is 7.66. The van der Waals surface area contributed by atoms with Gasteiger partial charge in [0.1, 0.15) is 4.90 Å². The third kappa shape index (κ3) is 6.86. The van der Waals surface area contributed by atoms with Crippen LogP contribution in [0.25, 0.3) is 0 Å². The first-order chi connectivity index (χ1) is 11.1. The Hall–Kier alpha value is -0.370. The van der Waals surface area contributed by atoms with Gasteiger partial charge >= 0.3 is 7.60 Å². The highest BCUT2D eigenvalue weighted by Crippen LogP contribution is 2.51. The summed E-state index contributed by atoms with van der Waals surface area (Å²) < 4.78 is 53.2. The molecule has 0 radical (unpaired) electrons. The first kappa shape index (κ1) is 21.7. The molecule has 9 heteroatoms. The maximum absolute atomic E-state index is 12.7. The summed E-state index contributed by atoms with van der Waals surface area (Å²) in [6.07, 6.45) is -1.43. The molecule has 0 unspecified atom stereocenters. The molecule has 0 aliphatic heterocycles. The van der Waals surface area contributed by atoms with Gasteiger partial charge in [0, 0.05) is 4.90 Å². The molecular weight excluding hydrogens is 371 g/mol. The van der Waals surface area contributed by atoms with E-state index in [1.165, 1.54) is 17.8 Å². The molecule has 0 atom stereocenters. The molecule has 0 saturated heterocycles. The Morgan fingerprint density at radius 3 is 2.12 bits per heavy atom. The molecule has 0 fully saturated rings. The van der Waals surface area contributed by atoms with E-state index in [2.05, 4.69) is 0 Å². The van der Waals surface area contributed by atoms with Crippen molar-refractivity contribution < 1.29 is 26.2 Å². The SMILES string of the molecule is CCSc1ccccc1S(=O)(=O)OCP(=O)(OC(C)C)OC(C)C. The maximum atomic E-state index is 12.7. The zero-order valence-corrected chi connectivity index (χ0v) is 17.1. The molecule has 0 heterocycles. The summed E-state index contributed by atoms with van der Waals surface area (Å²) >= 11 is 1.39. The van der Waals surface area contributed by atoms with Crippen molar-refractivity contribution in [3.8, 4) is 0 Å². The Morgan fingerprint density at radius 2 is 1.62 bits per heavy atom. The molecule has 0 bridgehead atoms. The van der Waals surface area contributed by atoms with E-state index in [0.717, 1.165) is 5.75 Å². The number of rotatable bonds is 10. The zero-order valence-electron chi connectivity index (χ0n) is 14.6. The van der Waals surface area contributed by atoms with Crippen LogP contribution in [0.2, 0.25) is 0 Å². The Labute approximate surface area is 148 Å². The van der Waals surface area contributed by atoms with E-state index in [-0.39, 0.29) is 17.1 Å². The average Bonchev–Trinajstić information content (AvgIpc) is 2.44. The van der Waals surface area contributed by atoms with Gasteiger partial charge in [-0.3, -0.25) is 8.75 Å². The van der Waals surface area contributed by atoms with Gasteiger partial charge in [-0.15, -0.1) is 11.8 Å². The Kier molecular flexibility index (Phi) is 8.45. The van der Waals surface area contributed by atoms with Gasteiger partial charge in [-0.25, -0.2) is 0 Å². The van der Waals surface area contributed by atoms with Crippen LogP contribution in [0.5, 0.6) is 0 Å². The molecule has 138 valence electrons. The Morgan fingerprint density at radius 1 is 1.08 bits per heavy atom. The van der Waals surface area contributed by atoms with E-state index >= 15 is 0 Å². The van der Waals surface area contributed by atoms with Crippen LogP contribution in [-0.2, 0) is 27.9 Å². The van der Waals surface area contributed by atoms with Gasteiger partial charge in [0.15, 0.2) is 6.35 Å². The Bertz CT molecular complexity index is 658. The Balaban J connectivity index is 2.99. The highest BCUT2D eigenvalue weighted by molar-refractivity contribution is 8.00. The van der Waals surface area contributed by atoms with Gasteiger partial charge in [0.05, 0.1) is 12.2 Å². The summed E-state index contributed by atoms with van der Waals surface area (Å²) in [5, 5.41) is 0. The van der Waals surface area contributed by atoms with E-state index in [0.29, 0.717) is 4.90 Å². The highest BCUT2D eigenvalue weighted by Gasteiger charge is 2.32. The molecule has 0 amide bonds. The van der Waals surface area contributed by atoms with Crippen LogP contribution in [0.1, 0.15) is 34.6 Å². The minimum atomic E-state index is -4.07. The molecule has 0 aliphatic rings. The fourth-order valence-corrected chi connectivity index (χ4v) is 6.25. The minimum Gasteiger partial charge on any atom is -0.304 e. The average molecular weight is 396 g/mol. The van der Waals surface area contributed by atoms with Crippen molar-refractivity contribution in [1.29, 1.82) is 0 Å². The smallest absolute Gasteiger partial charge is 0.304 e. The lowest BCUT2D eigenvalue weighted by Crippen LogP contribution is -2.15. The van der Waals surface area contributed by atoms with Crippen molar-refractivity contribution in [2.45, 2.75) is 56.6 Å². The number of hydrogen-bond acceptors (Lipinski definition) is 7. The van der Waals surface area contributed by atoms with Crippen LogP contribution < -0.4 is 0 Å². The van der Waals surface area contributed by atoms with Gasteiger partial charge in [-0.05, 0) is 45.6 Å². The number of benzene rings is 1. The standard InChI is InChI=1S/C15H25O6PS2/c1-6-23-14-9-7-8-10-15(14)24(17,18)19-11-22(16,20-12(2)3)21-13(4)5/h7-10,12-13H,6,11H2,1-5H3. The molecule has 0 N–H and O–H groups in total. The van der Waals surface area contributed by atoms with Gasteiger partial charge in [-0.1, -0.05) is 19.1 Å². The van der Waals surface area contributed by atoms with Crippen LogP contribution in [-0.4, -0.2) is 32.7 Å². The normalized spacial score (nSPS) is 13.0. The monoisotopic (exact) mass is 396 g/mol. The summed E-state index contributed by atoms with van der Waals surface area (Å²) in [7, 11) is -7.76. The van der Waals surface area contributed by atoms with E-state index < -0.39 is 24.1 Å². The van der Waals surface area contributed by atoms with E-state index in [1.54, 1.807) is 45.9 Å². The second-order valence-corrected chi connectivity index (χ2v) is 10.3. The van der Waals surface area contributed by atoms with Crippen LogP contribution in [0.15, 0.2) is 34.1 Å². The molecule has 0 aliphatic carbocycles. The second kappa shape index (κ2) is 9.36. The second-order valence-electron chi connectivity index (χ2n) is 5.50. The van der Waals surface area contributed by atoms with E-state index in [9.17, 15) is 13.0 Å². The first-order valence-corrected chi connectivity index (χ1v) is 11.8. The summed E-state index contributed by atoms with van der Waals surface area (Å²) in [5.41, 5.74) is 0. The number of thioether (sulfide) groups is 1. The van der Waals surface area contributed by atoms with Crippen LogP contribution in [0.3, 0.4) is 0 Å². The van der Waals surface area contributed by atoms with Crippen molar-refractivity contribution in [2.24, 2.45) is 0 Å². The molecule has 6 nitrogen and oxygen atoms in total. The summed E-state index contributed by atoms with van der Waals surface area (Å²) in [5.74, 6) is 0.720. The van der Waals surface area contributed by atoms with Crippen molar-refractivity contribution in [3.05, 3.63) is 24.3 Å². The number of hydrogen-bond donors (Lipinski definition) is 0. The zero-order chi connectivity index (χ0) is 18.4. The third-order valence-electron chi connectivity index (χ3n) is 2.53. The van der Waals surface area contributed by atoms with Gasteiger partial charge in [-0.2, -0.15) is 8.42 Å². The van der Waals surface area contributed by atoms with Crippen molar-refractivity contribution in [1.82, 2.24) is 0 Å².